The van der Waals surface area contributed by atoms with Crippen LogP contribution in [-0.4, -0.2) is 58.6 Å². The lowest BCUT2D eigenvalue weighted by Gasteiger charge is -2.08. The number of carbonyl (C=O) groups is 1. The fourth-order valence-electron chi connectivity index (χ4n) is 1.67. The standard InChI is InChI=1S/C15H23N5O4/c16-14-3-1-13(2-4-14)15(21)18-5-7-22-9-11-24-12-10-23-8-6-19-20-17/h1-4H,5-12,16H2,(H,18,21). The van der Waals surface area contributed by atoms with Gasteiger partial charge >= 0.3 is 0 Å². The van der Waals surface area contributed by atoms with E-state index in [1.165, 1.54) is 0 Å². The SMILES string of the molecule is [N-]=[N+]=NCCOCCOCCOCCNC(=O)c1ccc(N)cc1. The van der Waals surface area contributed by atoms with Crippen LogP contribution in [0.5, 0.6) is 0 Å². The summed E-state index contributed by atoms with van der Waals surface area (Å²) in [6.45, 7) is 3.33. The average Bonchev–Trinajstić information content (AvgIpc) is 2.59. The van der Waals surface area contributed by atoms with Crippen LogP contribution in [0.15, 0.2) is 29.4 Å². The van der Waals surface area contributed by atoms with Gasteiger partial charge in [-0.25, -0.2) is 0 Å². The van der Waals surface area contributed by atoms with Gasteiger partial charge in [0.1, 0.15) is 0 Å². The number of carbonyl (C=O) groups excluding carboxylic acids is 1. The van der Waals surface area contributed by atoms with Gasteiger partial charge in [-0.05, 0) is 29.8 Å². The van der Waals surface area contributed by atoms with Crippen molar-refractivity contribution in [1.29, 1.82) is 0 Å². The number of nitrogens with two attached hydrogens (primary N) is 1. The predicted octanol–water partition coefficient (Wildman–Crippen LogP) is 1.36. The molecule has 0 aliphatic carbocycles. The van der Waals surface area contributed by atoms with Crippen molar-refractivity contribution in [2.24, 2.45) is 5.11 Å². The number of benzene rings is 1. The molecule has 1 amide bonds. The molecule has 0 bridgehead atoms. The first-order valence-corrected chi connectivity index (χ1v) is 7.62. The number of anilines is 1. The third-order valence-corrected chi connectivity index (χ3v) is 2.85. The normalized spacial score (nSPS) is 10.2. The van der Waals surface area contributed by atoms with Crippen molar-refractivity contribution in [3.8, 4) is 0 Å². The van der Waals surface area contributed by atoms with Gasteiger partial charge in [0, 0.05) is 29.3 Å². The molecule has 132 valence electrons. The Bertz CT molecular complexity index is 517. The molecule has 0 heterocycles. The number of rotatable bonds is 13. The first-order chi connectivity index (χ1) is 11.7. The number of hydrogen-bond donors (Lipinski definition) is 2. The molecule has 1 rings (SSSR count). The predicted molar refractivity (Wildman–Crippen MR) is 89.7 cm³/mol. The number of nitrogen functional groups attached to an aromatic ring is 1. The van der Waals surface area contributed by atoms with Crippen molar-refractivity contribution in [1.82, 2.24) is 5.32 Å². The van der Waals surface area contributed by atoms with Crippen LogP contribution in [0.3, 0.4) is 0 Å². The zero-order chi connectivity index (χ0) is 17.5. The van der Waals surface area contributed by atoms with Gasteiger partial charge in [-0.15, -0.1) is 0 Å². The van der Waals surface area contributed by atoms with E-state index in [0.717, 1.165) is 0 Å². The van der Waals surface area contributed by atoms with Crippen LogP contribution < -0.4 is 11.1 Å². The van der Waals surface area contributed by atoms with E-state index in [0.29, 0.717) is 64.0 Å². The molecule has 0 fully saturated rings. The highest BCUT2D eigenvalue weighted by molar-refractivity contribution is 5.94. The summed E-state index contributed by atoms with van der Waals surface area (Å²) in [5.41, 5.74) is 14.8. The smallest absolute Gasteiger partial charge is 0.251 e. The molecule has 1 aromatic carbocycles. The van der Waals surface area contributed by atoms with Crippen LogP contribution in [0.2, 0.25) is 0 Å². The van der Waals surface area contributed by atoms with E-state index in [-0.39, 0.29) is 5.91 Å². The van der Waals surface area contributed by atoms with Gasteiger partial charge in [0.15, 0.2) is 0 Å². The molecule has 1 aromatic rings. The lowest BCUT2D eigenvalue weighted by Crippen LogP contribution is -2.27. The summed E-state index contributed by atoms with van der Waals surface area (Å²) in [5, 5.41) is 6.10. The number of azide groups is 1. The Kier molecular flexibility index (Phi) is 10.8. The van der Waals surface area contributed by atoms with Gasteiger partial charge in [0.05, 0.1) is 39.6 Å². The Morgan fingerprint density at radius 3 is 2.25 bits per heavy atom. The molecule has 3 N–H and O–H groups in total. The van der Waals surface area contributed by atoms with Crippen molar-refractivity contribution >= 4 is 11.6 Å². The highest BCUT2D eigenvalue weighted by Crippen LogP contribution is 2.04. The zero-order valence-corrected chi connectivity index (χ0v) is 13.5. The van der Waals surface area contributed by atoms with E-state index in [4.69, 9.17) is 25.5 Å². The lowest BCUT2D eigenvalue weighted by atomic mass is 10.2. The van der Waals surface area contributed by atoms with Crippen molar-refractivity contribution in [2.75, 3.05) is 58.5 Å². The Hall–Kier alpha value is -2.32. The zero-order valence-electron chi connectivity index (χ0n) is 13.5. The Balaban J connectivity index is 1.89. The maximum atomic E-state index is 11.8. The molecule has 0 saturated heterocycles. The van der Waals surface area contributed by atoms with Crippen molar-refractivity contribution in [3.63, 3.8) is 0 Å². The summed E-state index contributed by atoms with van der Waals surface area (Å²) >= 11 is 0. The number of ether oxygens (including phenoxy) is 3. The summed E-state index contributed by atoms with van der Waals surface area (Å²) in [7, 11) is 0. The Morgan fingerprint density at radius 1 is 1.04 bits per heavy atom. The topological polar surface area (TPSA) is 132 Å². The van der Waals surface area contributed by atoms with E-state index >= 15 is 0 Å². The first-order valence-electron chi connectivity index (χ1n) is 7.62. The number of nitrogens with zero attached hydrogens (tertiary/aromatic N) is 3. The third-order valence-electron chi connectivity index (χ3n) is 2.85. The molecule has 0 aromatic heterocycles. The minimum atomic E-state index is -0.160. The van der Waals surface area contributed by atoms with Gasteiger partial charge in [-0.1, -0.05) is 5.11 Å². The molecule has 0 unspecified atom stereocenters. The lowest BCUT2D eigenvalue weighted by molar-refractivity contribution is 0.0166. The van der Waals surface area contributed by atoms with E-state index in [1.54, 1.807) is 24.3 Å². The van der Waals surface area contributed by atoms with E-state index in [9.17, 15) is 4.79 Å². The summed E-state index contributed by atoms with van der Waals surface area (Å²) in [4.78, 5) is 14.4. The molecule has 24 heavy (non-hydrogen) atoms. The maximum Gasteiger partial charge on any atom is 0.251 e. The molecule has 9 heteroatoms. The largest absolute Gasteiger partial charge is 0.399 e. The Labute approximate surface area is 140 Å². The highest BCUT2D eigenvalue weighted by Gasteiger charge is 2.03. The van der Waals surface area contributed by atoms with Crippen LogP contribution in [0.25, 0.3) is 10.4 Å². The molecule has 0 radical (unpaired) electrons. The monoisotopic (exact) mass is 337 g/mol. The molecule has 0 atom stereocenters. The van der Waals surface area contributed by atoms with E-state index in [2.05, 4.69) is 15.3 Å². The van der Waals surface area contributed by atoms with Gasteiger partial charge in [-0.2, -0.15) is 0 Å². The third kappa shape index (κ3) is 9.65. The summed E-state index contributed by atoms with van der Waals surface area (Å²) in [5.74, 6) is -0.160. The van der Waals surface area contributed by atoms with Crippen molar-refractivity contribution in [2.45, 2.75) is 0 Å². The fourth-order valence-corrected chi connectivity index (χ4v) is 1.67. The van der Waals surface area contributed by atoms with Crippen LogP contribution >= 0.6 is 0 Å². The van der Waals surface area contributed by atoms with Gasteiger partial charge < -0.3 is 25.3 Å². The minimum absolute atomic E-state index is 0.160. The summed E-state index contributed by atoms with van der Waals surface area (Å²) < 4.78 is 15.8. The van der Waals surface area contributed by atoms with Gasteiger partial charge in [0.25, 0.3) is 5.91 Å². The van der Waals surface area contributed by atoms with E-state index < -0.39 is 0 Å². The van der Waals surface area contributed by atoms with Gasteiger partial charge in [0.2, 0.25) is 0 Å². The van der Waals surface area contributed by atoms with Crippen LogP contribution in [0, 0.1) is 0 Å². The maximum absolute atomic E-state index is 11.8. The second kappa shape index (κ2) is 13.1. The first kappa shape index (κ1) is 19.7. The molecule has 0 spiro atoms. The van der Waals surface area contributed by atoms with Crippen LogP contribution in [0.4, 0.5) is 5.69 Å². The molecular weight excluding hydrogens is 314 g/mol. The Morgan fingerprint density at radius 2 is 1.62 bits per heavy atom. The van der Waals surface area contributed by atoms with E-state index in [1.807, 2.05) is 0 Å². The average molecular weight is 337 g/mol. The second-order valence-electron chi connectivity index (χ2n) is 4.67. The molecule has 9 nitrogen and oxygen atoms in total. The quantitative estimate of drug-likeness (QED) is 0.184. The second-order valence-corrected chi connectivity index (χ2v) is 4.67. The molecule has 0 saturated carbocycles. The molecule has 0 aliphatic heterocycles. The number of amides is 1. The van der Waals surface area contributed by atoms with Gasteiger partial charge in [-0.3, -0.25) is 4.79 Å². The van der Waals surface area contributed by atoms with Crippen LogP contribution in [0.1, 0.15) is 10.4 Å². The molecular formula is C15H23N5O4. The van der Waals surface area contributed by atoms with Crippen molar-refractivity contribution < 1.29 is 19.0 Å². The molecule has 0 aliphatic rings. The minimum Gasteiger partial charge on any atom is -0.399 e. The summed E-state index contributed by atoms with van der Waals surface area (Å²) in [6, 6.07) is 6.72. The number of hydrogen-bond acceptors (Lipinski definition) is 6. The number of nitrogens with one attached hydrogen (secondary N) is 1. The van der Waals surface area contributed by atoms with Crippen LogP contribution in [-0.2, 0) is 14.2 Å². The summed E-state index contributed by atoms with van der Waals surface area (Å²) in [6.07, 6.45) is 0. The fraction of sp³-hybridized carbons (Fsp3) is 0.533. The highest BCUT2D eigenvalue weighted by atomic mass is 16.5. The van der Waals surface area contributed by atoms with Crippen molar-refractivity contribution in [3.05, 3.63) is 40.3 Å².